The summed E-state index contributed by atoms with van der Waals surface area (Å²) in [5.41, 5.74) is 1.09. The van der Waals surface area contributed by atoms with Gasteiger partial charge < -0.3 is 19.8 Å². The molecule has 1 aromatic heterocycles. The Hall–Kier alpha value is -2.49. The van der Waals surface area contributed by atoms with E-state index in [0.29, 0.717) is 48.7 Å². The summed E-state index contributed by atoms with van der Waals surface area (Å²) in [5, 5.41) is 14.6. The van der Waals surface area contributed by atoms with Gasteiger partial charge in [-0.1, -0.05) is 0 Å². The SMILES string of the molecule is O=C(NC[C@@H]([C@@H]1CCOC1)N1CCOCC1)c1c[nH]c2ccc([N+](=O)[O-])cc12. The molecule has 0 saturated carbocycles. The molecule has 0 radical (unpaired) electrons. The highest BCUT2D eigenvalue weighted by Gasteiger charge is 2.32. The van der Waals surface area contributed by atoms with Crippen molar-refractivity contribution in [3.63, 3.8) is 0 Å². The predicted molar refractivity (Wildman–Crippen MR) is 102 cm³/mol. The predicted octanol–water partition coefficient (Wildman–Crippen LogP) is 1.54. The number of carbonyl (C=O) groups is 1. The molecule has 2 aliphatic heterocycles. The molecule has 0 aliphatic carbocycles. The fourth-order valence-electron chi connectivity index (χ4n) is 4.06. The Bertz CT molecular complexity index is 855. The highest BCUT2D eigenvalue weighted by Crippen LogP contribution is 2.25. The van der Waals surface area contributed by atoms with Crippen molar-refractivity contribution in [1.29, 1.82) is 0 Å². The highest BCUT2D eigenvalue weighted by atomic mass is 16.6. The number of hydrogen-bond acceptors (Lipinski definition) is 6. The second-order valence-electron chi connectivity index (χ2n) is 7.24. The number of nitro groups is 1. The second-order valence-corrected chi connectivity index (χ2v) is 7.24. The van der Waals surface area contributed by atoms with Crippen LogP contribution in [-0.2, 0) is 9.47 Å². The summed E-state index contributed by atoms with van der Waals surface area (Å²) in [4.78, 5) is 28.8. The molecule has 2 atom stereocenters. The number of rotatable bonds is 6. The standard InChI is InChI=1S/C19H24N4O5/c24-19(16-10-20-17-2-1-14(23(25)26)9-15(16)17)21-11-18(13-3-6-28-12-13)22-4-7-27-8-5-22/h1-2,9-10,13,18,20H,3-8,11-12H2,(H,21,24)/t13-,18+/m1/s1. The zero-order valence-corrected chi connectivity index (χ0v) is 15.6. The lowest BCUT2D eigenvalue weighted by atomic mass is 9.96. The fourth-order valence-corrected chi connectivity index (χ4v) is 4.06. The Kier molecular flexibility index (Phi) is 5.56. The number of H-pyrrole nitrogens is 1. The van der Waals surface area contributed by atoms with Crippen LogP contribution >= 0.6 is 0 Å². The van der Waals surface area contributed by atoms with Gasteiger partial charge in [-0.2, -0.15) is 0 Å². The van der Waals surface area contributed by atoms with Crippen LogP contribution in [-0.4, -0.2) is 72.8 Å². The summed E-state index contributed by atoms with van der Waals surface area (Å²) in [6.07, 6.45) is 2.59. The van der Waals surface area contributed by atoms with Gasteiger partial charge in [0.2, 0.25) is 0 Å². The number of hydrogen-bond donors (Lipinski definition) is 2. The third-order valence-electron chi connectivity index (χ3n) is 5.62. The van der Waals surface area contributed by atoms with Gasteiger partial charge in [0.1, 0.15) is 0 Å². The maximum atomic E-state index is 12.8. The Morgan fingerprint density at radius 1 is 1.32 bits per heavy atom. The first-order chi connectivity index (χ1) is 13.6. The molecular formula is C19H24N4O5. The first kappa shape index (κ1) is 18.9. The third kappa shape index (κ3) is 3.87. The van der Waals surface area contributed by atoms with E-state index in [1.54, 1.807) is 12.3 Å². The van der Waals surface area contributed by atoms with E-state index in [1.807, 2.05) is 0 Å². The minimum Gasteiger partial charge on any atom is -0.381 e. The zero-order chi connectivity index (χ0) is 19.5. The summed E-state index contributed by atoms with van der Waals surface area (Å²) in [6, 6.07) is 4.67. The maximum absolute atomic E-state index is 12.8. The van der Waals surface area contributed by atoms with Gasteiger partial charge >= 0.3 is 0 Å². The summed E-state index contributed by atoms with van der Waals surface area (Å²) in [6.45, 7) is 5.05. The van der Waals surface area contributed by atoms with E-state index >= 15 is 0 Å². The molecule has 2 aromatic rings. The van der Waals surface area contributed by atoms with Crippen molar-refractivity contribution in [2.75, 3.05) is 46.1 Å². The monoisotopic (exact) mass is 388 g/mol. The second kappa shape index (κ2) is 8.26. The Morgan fingerprint density at radius 3 is 2.86 bits per heavy atom. The largest absolute Gasteiger partial charge is 0.381 e. The number of ether oxygens (including phenoxy) is 2. The van der Waals surface area contributed by atoms with E-state index in [-0.39, 0.29) is 17.6 Å². The lowest BCUT2D eigenvalue weighted by Gasteiger charge is -2.37. The van der Waals surface area contributed by atoms with Gasteiger partial charge in [0.05, 0.1) is 30.3 Å². The number of fused-ring (bicyclic) bond motifs is 1. The molecular weight excluding hydrogens is 364 g/mol. The molecule has 0 spiro atoms. The van der Waals surface area contributed by atoms with E-state index in [4.69, 9.17) is 9.47 Å². The van der Waals surface area contributed by atoms with Crippen molar-refractivity contribution in [3.05, 3.63) is 40.1 Å². The van der Waals surface area contributed by atoms with Crippen LogP contribution < -0.4 is 5.32 Å². The van der Waals surface area contributed by atoms with Gasteiger partial charge in [0.25, 0.3) is 11.6 Å². The molecule has 3 heterocycles. The number of benzene rings is 1. The topological polar surface area (TPSA) is 110 Å². The molecule has 150 valence electrons. The molecule has 2 N–H and O–H groups in total. The first-order valence-electron chi connectivity index (χ1n) is 9.57. The number of nitrogens with one attached hydrogen (secondary N) is 2. The Morgan fingerprint density at radius 2 is 2.14 bits per heavy atom. The van der Waals surface area contributed by atoms with Gasteiger partial charge in [0.15, 0.2) is 0 Å². The molecule has 9 heteroatoms. The molecule has 28 heavy (non-hydrogen) atoms. The summed E-state index contributed by atoms with van der Waals surface area (Å²) in [5.74, 6) is 0.145. The molecule has 0 bridgehead atoms. The zero-order valence-electron chi connectivity index (χ0n) is 15.6. The first-order valence-corrected chi connectivity index (χ1v) is 9.57. The van der Waals surface area contributed by atoms with Crippen LogP contribution in [0.15, 0.2) is 24.4 Å². The van der Waals surface area contributed by atoms with E-state index in [0.717, 1.165) is 26.1 Å². The average Bonchev–Trinajstić information content (AvgIpc) is 3.38. The van der Waals surface area contributed by atoms with Crippen molar-refractivity contribution in [3.8, 4) is 0 Å². The number of carbonyl (C=O) groups excluding carboxylic acids is 1. The van der Waals surface area contributed by atoms with Crippen LogP contribution in [0.2, 0.25) is 0 Å². The molecule has 4 rings (SSSR count). The highest BCUT2D eigenvalue weighted by molar-refractivity contribution is 6.07. The van der Waals surface area contributed by atoms with Crippen molar-refractivity contribution < 1.29 is 19.2 Å². The molecule has 1 aromatic carbocycles. The van der Waals surface area contributed by atoms with Gasteiger partial charge in [-0.3, -0.25) is 19.8 Å². The van der Waals surface area contributed by atoms with Crippen LogP contribution in [0, 0.1) is 16.0 Å². The number of non-ortho nitro benzene ring substituents is 1. The van der Waals surface area contributed by atoms with Crippen molar-refractivity contribution in [2.45, 2.75) is 12.5 Å². The normalized spacial score (nSPS) is 21.6. The van der Waals surface area contributed by atoms with Gasteiger partial charge in [-0.15, -0.1) is 0 Å². The molecule has 0 unspecified atom stereocenters. The van der Waals surface area contributed by atoms with Crippen LogP contribution in [0.3, 0.4) is 0 Å². The smallest absolute Gasteiger partial charge is 0.270 e. The quantitative estimate of drug-likeness (QED) is 0.574. The van der Waals surface area contributed by atoms with Crippen molar-refractivity contribution in [1.82, 2.24) is 15.2 Å². The maximum Gasteiger partial charge on any atom is 0.270 e. The Labute approximate surface area is 162 Å². The number of amides is 1. The summed E-state index contributed by atoms with van der Waals surface area (Å²) < 4.78 is 11.0. The average molecular weight is 388 g/mol. The van der Waals surface area contributed by atoms with E-state index in [9.17, 15) is 14.9 Å². The minimum atomic E-state index is -0.456. The van der Waals surface area contributed by atoms with E-state index in [1.165, 1.54) is 12.1 Å². The summed E-state index contributed by atoms with van der Waals surface area (Å²) in [7, 11) is 0. The number of morpholine rings is 1. The number of aromatic amines is 1. The van der Waals surface area contributed by atoms with Crippen LogP contribution in [0.25, 0.3) is 10.9 Å². The molecule has 2 fully saturated rings. The number of aromatic nitrogens is 1. The Balaban J connectivity index is 1.49. The van der Waals surface area contributed by atoms with Crippen LogP contribution in [0.5, 0.6) is 0 Å². The van der Waals surface area contributed by atoms with Gasteiger partial charge in [-0.25, -0.2) is 0 Å². The van der Waals surface area contributed by atoms with E-state index in [2.05, 4.69) is 15.2 Å². The third-order valence-corrected chi connectivity index (χ3v) is 5.62. The molecule has 9 nitrogen and oxygen atoms in total. The van der Waals surface area contributed by atoms with Gasteiger partial charge in [0, 0.05) is 67.4 Å². The number of nitrogens with zero attached hydrogens (tertiary/aromatic N) is 2. The van der Waals surface area contributed by atoms with E-state index < -0.39 is 4.92 Å². The van der Waals surface area contributed by atoms with Crippen LogP contribution in [0.4, 0.5) is 5.69 Å². The molecule has 2 aliphatic rings. The van der Waals surface area contributed by atoms with Crippen molar-refractivity contribution >= 4 is 22.5 Å². The van der Waals surface area contributed by atoms with Crippen LogP contribution in [0.1, 0.15) is 16.8 Å². The minimum absolute atomic E-state index is 0.0320. The lowest BCUT2D eigenvalue weighted by Crippen LogP contribution is -2.52. The molecule has 1 amide bonds. The summed E-state index contributed by atoms with van der Waals surface area (Å²) >= 11 is 0. The lowest BCUT2D eigenvalue weighted by molar-refractivity contribution is -0.384. The fraction of sp³-hybridized carbons (Fsp3) is 0.526. The number of nitro benzene ring substituents is 1. The van der Waals surface area contributed by atoms with Crippen molar-refractivity contribution in [2.24, 2.45) is 5.92 Å². The molecule has 2 saturated heterocycles. The van der Waals surface area contributed by atoms with Gasteiger partial charge in [-0.05, 0) is 12.5 Å².